The molecule has 18 heavy (non-hydrogen) atoms. The number of hydrogen-bond acceptors (Lipinski definition) is 1. The van der Waals surface area contributed by atoms with Crippen LogP contribution in [0.3, 0.4) is 0 Å². The van der Waals surface area contributed by atoms with Gasteiger partial charge < -0.3 is 0 Å². The van der Waals surface area contributed by atoms with Crippen molar-refractivity contribution in [2.45, 2.75) is 96.8 Å². The second-order valence-corrected chi connectivity index (χ2v) is 5.82. The number of hydrogen-bond donors (Lipinski definition) is 0. The predicted octanol–water partition coefficient (Wildman–Crippen LogP) is 6.23. The van der Waals surface area contributed by atoms with E-state index in [1.54, 1.807) is 0 Å². The highest BCUT2D eigenvalue weighted by Gasteiger charge is 1.96. The Bertz CT molecular complexity index is 180. The molecule has 0 heterocycles. The fourth-order valence-corrected chi connectivity index (χ4v) is 2.43. The first-order valence-electron chi connectivity index (χ1n) is 7.97. The largest absolute Gasteiger partial charge is 0.282 e. The van der Waals surface area contributed by atoms with Crippen molar-refractivity contribution in [2.24, 2.45) is 0 Å². The molecular weight excluding hydrogens is 240 g/mol. The predicted molar refractivity (Wildman–Crippen MR) is 83.6 cm³/mol. The molecule has 0 N–H and O–H groups in total. The second kappa shape index (κ2) is 14.9. The van der Waals surface area contributed by atoms with Crippen LogP contribution in [0.1, 0.15) is 96.8 Å². The molecule has 0 atom stereocenters. The lowest BCUT2D eigenvalue weighted by molar-refractivity contribution is 0.421. The fraction of sp³-hybridized carbons (Fsp3) is 0.938. The van der Waals surface area contributed by atoms with Crippen molar-refractivity contribution in [2.75, 3.05) is 0 Å². The van der Waals surface area contributed by atoms with Crippen molar-refractivity contribution >= 4 is 17.3 Å². The van der Waals surface area contributed by atoms with Gasteiger partial charge in [-0.25, -0.2) is 0 Å². The third-order valence-electron chi connectivity index (χ3n) is 3.48. The molecule has 0 aliphatic rings. The molecule has 0 bridgehead atoms. The highest BCUT2D eigenvalue weighted by atomic mass is 32.1. The quantitative estimate of drug-likeness (QED) is 0.271. The molecule has 0 saturated heterocycles. The number of unbranched alkanes of at least 4 members (excludes halogenated alkanes) is 12. The van der Waals surface area contributed by atoms with Gasteiger partial charge in [0.2, 0.25) is 5.05 Å². The Balaban J connectivity index is 2.92. The second-order valence-electron chi connectivity index (χ2n) is 5.36. The maximum Gasteiger partial charge on any atom is 0.218 e. The lowest BCUT2D eigenvalue weighted by Crippen LogP contribution is -1.88. The molecular formula is C16H31OS. The molecule has 0 unspecified atom stereocenters. The van der Waals surface area contributed by atoms with Gasteiger partial charge in [0, 0.05) is 6.42 Å². The molecule has 1 nitrogen and oxygen atoms in total. The van der Waals surface area contributed by atoms with Crippen molar-refractivity contribution in [3.8, 4) is 0 Å². The van der Waals surface area contributed by atoms with Crippen molar-refractivity contribution in [3.05, 3.63) is 0 Å². The third-order valence-corrected chi connectivity index (χ3v) is 3.69. The van der Waals surface area contributed by atoms with Crippen molar-refractivity contribution in [3.63, 3.8) is 0 Å². The van der Waals surface area contributed by atoms with Gasteiger partial charge in [-0.3, -0.25) is 5.11 Å². The third kappa shape index (κ3) is 15.9. The summed E-state index contributed by atoms with van der Waals surface area (Å²) in [7, 11) is 0. The summed E-state index contributed by atoms with van der Waals surface area (Å²) in [6.45, 7) is 2.27. The monoisotopic (exact) mass is 271 g/mol. The molecule has 0 saturated carbocycles. The van der Waals surface area contributed by atoms with Crippen molar-refractivity contribution < 1.29 is 5.11 Å². The van der Waals surface area contributed by atoms with Gasteiger partial charge in [0.1, 0.15) is 0 Å². The van der Waals surface area contributed by atoms with E-state index in [2.05, 4.69) is 19.1 Å². The Morgan fingerprint density at radius 1 is 0.667 bits per heavy atom. The molecule has 0 rings (SSSR count). The molecule has 0 spiro atoms. The smallest absolute Gasteiger partial charge is 0.218 e. The van der Waals surface area contributed by atoms with E-state index in [-0.39, 0.29) is 5.05 Å². The SMILES string of the molecule is CCCCCCCCCCCCCCCC([O])=S. The van der Waals surface area contributed by atoms with Crippen molar-refractivity contribution in [1.29, 1.82) is 0 Å². The van der Waals surface area contributed by atoms with Crippen LogP contribution in [0, 0.1) is 0 Å². The Morgan fingerprint density at radius 3 is 1.33 bits per heavy atom. The molecule has 0 aliphatic carbocycles. The zero-order chi connectivity index (χ0) is 13.5. The standard InChI is InChI=1S/C16H31OS/c1-2-3-4-5-6-7-8-9-10-11-12-13-14-15-16(17)18/h2-15H2,1H3. The van der Waals surface area contributed by atoms with Crippen LogP contribution in [-0.2, 0) is 5.11 Å². The molecule has 1 radical (unpaired) electrons. The van der Waals surface area contributed by atoms with E-state index in [1.807, 2.05) is 0 Å². The Kier molecular flexibility index (Phi) is 14.9. The fourth-order valence-electron chi connectivity index (χ4n) is 2.29. The lowest BCUT2D eigenvalue weighted by Gasteiger charge is -2.02. The van der Waals surface area contributed by atoms with Crippen LogP contribution in [0.15, 0.2) is 0 Å². The first-order chi connectivity index (χ1) is 8.77. The van der Waals surface area contributed by atoms with Crippen LogP contribution in [0.2, 0.25) is 0 Å². The van der Waals surface area contributed by atoms with Gasteiger partial charge in [0.25, 0.3) is 0 Å². The van der Waals surface area contributed by atoms with E-state index in [0.717, 1.165) is 6.42 Å². The normalized spacial score (nSPS) is 10.7. The van der Waals surface area contributed by atoms with E-state index < -0.39 is 0 Å². The molecule has 0 fully saturated rings. The van der Waals surface area contributed by atoms with E-state index in [9.17, 15) is 5.11 Å². The average Bonchev–Trinajstić information content (AvgIpc) is 2.34. The van der Waals surface area contributed by atoms with E-state index in [1.165, 1.54) is 77.0 Å². The van der Waals surface area contributed by atoms with Gasteiger partial charge in [0.15, 0.2) is 0 Å². The Hall–Kier alpha value is -0.110. The molecule has 2 heteroatoms. The Labute approximate surface area is 119 Å². The summed E-state index contributed by atoms with van der Waals surface area (Å²) in [5.41, 5.74) is 0. The zero-order valence-corrected chi connectivity index (χ0v) is 13.0. The molecule has 0 aliphatic heterocycles. The molecule has 0 aromatic heterocycles. The first-order valence-corrected chi connectivity index (χ1v) is 8.38. The van der Waals surface area contributed by atoms with Gasteiger partial charge in [0.05, 0.1) is 0 Å². The minimum absolute atomic E-state index is 0.0712. The summed E-state index contributed by atoms with van der Waals surface area (Å²) < 4.78 is 0. The maximum absolute atomic E-state index is 10.6. The van der Waals surface area contributed by atoms with Gasteiger partial charge in [-0.2, -0.15) is 0 Å². The maximum atomic E-state index is 10.6. The molecule has 0 aromatic rings. The minimum Gasteiger partial charge on any atom is -0.282 e. The summed E-state index contributed by atoms with van der Waals surface area (Å²) in [4.78, 5) is 0. The minimum atomic E-state index is -0.0712. The van der Waals surface area contributed by atoms with Crippen molar-refractivity contribution in [1.82, 2.24) is 0 Å². The van der Waals surface area contributed by atoms with Gasteiger partial charge in [-0.15, -0.1) is 0 Å². The van der Waals surface area contributed by atoms with Crippen LogP contribution in [0.5, 0.6) is 0 Å². The van der Waals surface area contributed by atoms with Gasteiger partial charge in [-0.05, 0) is 18.6 Å². The average molecular weight is 271 g/mol. The van der Waals surface area contributed by atoms with E-state index >= 15 is 0 Å². The summed E-state index contributed by atoms with van der Waals surface area (Å²) in [6.07, 6.45) is 18.0. The van der Waals surface area contributed by atoms with Crippen LogP contribution < -0.4 is 0 Å². The molecule has 107 valence electrons. The van der Waals surface area contributed by atoms with Crippen LogP contribution in [0.4, 0.5) is 0 Å². The topological polar surface area (TPSA) is 19.9 Å². The molecule has 0 amide bonds. The summed E-state index contributed by atoms with van der Waals surface area (Å²) >= 11 is 4.53. The lowest BCUT2D eigenvalue weighted by atomic mass is 10.0. The van der Waals surface area contributed by atoms with Crippen LogP contribution in [0.25, 0.3) is 0 Å². The van der Waals surface area contributed by atoms with Crippen LogP contribution in [-0.4, -0.2) is 5.05 Å². The summed E-state index contributed by atoms with van der Waals surface area (Å²) in [5, 5.41) is 10.5. The first kappa shape index (κ1) is 17.9. The number of rotatable bonds is 14. The summed E-state index contributed by atoms with van der Waals surface area (Å²) in [6, 6.07) is 0. The molecule has 0 aromatic carbocycles. The van der Waals surface area contributed by atoms with E-state index in [0.29, 0.717) is 6.42 Å². The zero-order valence-electron chi connectivity index (χ0n) is 12.2. The van der Waals surface area contributed by atoms with Crippen LogP contribution >= 0.6 is 12.2 Å². The summed E-state index contributed by atoms with van der Waals surface area (Å²) in [5.74, 6) is 0. The van der Waals surface area contributed by atoms with Gasteiger partial charge in [-0.1, -0.05) is 84.0 Å². The highest BCUT2D eigenvalue weighted by Crippen LogP contribution is 2.12. The Morgan fingerprint density at radius 2 is 1.00 bits per heavy atom. The number of thiocarbonyl (C=S) groups is 1. The van der Waals surface area contributed by atoms with Gasteiger partial charge >= 0.3 is 0 Å². The highest BCUT2D eigenvalue weighted by molar-refractivity contribution is 7.80. The van der Waals surface area contributed by atoms with E-state index in [4.69, 9.17) is 0 Å².